The molecule has 2 nitrogen and oxygen atoms in total. The molecule has 0 aromatic carbocycles. The van der Waals surface area contributed by atoms with Crippen LogP contribution >= 0.6 is 0 Å². The Bertz CT molecular complexity index is 190. The van der Waals surface area contributed by atoms with Gasteiger partial charge >= 0.3 is 0 Å². The van der Waals surface area contributed by atoms with E-state index in [0.717, 1.165) is 0 Å². The molecule has 0 bridgehead atoms. The highest BCUT2D eigenvalue weighted by Gasteiger charge is 2.28. The number of hydrogen-bond acceptors (Lipinski definition) is 2. The normalized spacial score (nSPS) is 22.4. The Balaban J connectivity index is 2.66. The fourth-order valence-corrected chi connectivity index (χ4v) is 1.48. The predicted octanol–water partition coefficient (Wildman–Crippen LogP) is 2.33. The minimum atomic E-state index is 0.364. The molecular weight excluding hydrogens is 148 g/mol. The van der Waals surface area contributed by atoms with Gasteiger partial charge in [-0.1, -0.05) is 20.8 Å². The van der Waals surface area contributed by atoms with E-state index in [1.165, 1.54) is 12.8 Å². The van der Waals surface area contributed by atoms with Crippen molar-refractivity contribution in [3.63, 3.8) is 0 Å². The van der Waals surface area contributed by atoms with Crippen molar-refractivity contribution < 1.29 is 0 Å². The molecule has 0 amide bonds. The second kappa shape index (κ2) is 3.74. The number of nitrogens with zero attached hydrogens (tertiary/aromatic N) is 1. The Morgan fingerprint density at radius 1 is 1.42 bits per heavy atom. The van der Waals surface area contributed by atoms with Gasteiger partial charge in [0.05, 0.1) is 12.4 Å². The van der Waals surface area contributed by atoms with Crippen LogP contribution in [0, 0.1) is 5.41 Å². The topological polar surface area (TPSA) is 24.4 Å². The van der Waals surface area contributed by atoms with Gasteiger partial charge < -0.3 is 5.32 Å². The summed E-state index contributed by atoms with van der Waals surface area (Å²) in [5.41, 5.74) is 0.364. The van der Waals surface area contributed by atoms with Crippen molar-refractivity contribution in [1.82, 2.24) is 5.32 Å². The number of hydrogen-bond donors (Lipinski definition) is 1. The van der Waals surface area contributed by atoms with Crippen molar-refractivity contribution >= 4 is 6.34 Å². The predicted molar refractivity (Wildman–Crippen MR) is 53.2 cm³/mol. The molecule has 1 N–H and O–H groups in total. The van der Waals surface area contributed by atoms with Gasteiger partial charge in [0.15, 0.2) is 0 Å². The molecule has 1 aliphatic heterocycles. The summed E-state index contributed by atoms with van der Waals surface area (Å²) in [5.74, 6) is 0. The Morgan fingerprint density at radius 2 is 2.08 bits per heavy atom. The van der Waals surface area contributed by atoms with Crippen molar-refractivity contribution in [1.29, 1.82) is 0 Å². The Morgan fingerprint density at radius 3 is 2.50 bits per heavy atom. The molecular formula is C10H18N2. The molecule has 0 saturated carbocycles. The van der Waals surface area contributed by atoms with Gasteiger partial charge in [-0.05, 0) is 24.3 Å². The lowest BCUT2D eigenvalue weighted by atomic mass is 9.77. The molecule has 0 aromatic rings. The average Bonchev–Trinajstić information content (AvgIpc) is 2.18. The van der Waals surface area contributed by atoms with Gasteiger partial charge in [0.2, 0.25) is 0 Å². The SMILES string of the molecule is CCC(C)(CC)C1C=CN=CN1. The van der Waals surface area contributed by atoms with Crippen LogP contribution in [0.5, 0.6) is 0 Å². The van der Waals surface area contributed by atoms with Crippen LogP contribution in [-0.2, 0) is 0 Å². The highest BCUT2D eigenvalue weighted by Crippen LogP contribution is 2.30. The summed E-state index contributed by atoms with van der Waals surface area (Å²) in [5, 5.41) is 3.28. The van der Waals surface area contributed by atoms with E-state index in [-0.39, 0.29) is 0 Å². The van der Waals surface area contributed by atoms with E-state index >= 15 is 0 Å². The maximum atomic E-state index is 3.99. The molecule has 68 valence electrons. The molecule has 1 unspecified atom stereocenters. The summed E-state index contributed by atoms with van der Waals surface area (Å²) in [6, 6.07) is 0.449. The highest BCUT2D eigenvalue weighted by molar-refractivity contribution is 5.58. The average molecular weight is 166 g/mol. The molecule has 1 heterocycles. The minimum absolute atomic E-state index is 0.364. The zero-order valence-electron chi connectivity index (χ0n) is 8.17. The molecule has 1 aliphatic rings. The molecule has 1 atom stereocenters. The summed E-state index contributed by atoms with van der Waals surface area (Å²) in [6.45, 7) is 6.80. The maximum absolute atomic E-state index is 3.99. The van der Waals surface area contributed by atoms with Crippen LogP contribution in [0.15, 0.2) is 17.3 Å². The fourth-order valence-electron chi connectivity index (χ4n) is 1.48. The van der Waals surface area contributed by atoms with Crippen LogP contribution in [0.3, 0.4) is 0 Å². The first-order chi connectivity index (χ1) is 5.73. The van der Waals surface area contributed by atoms with Gasteiger partial charge in [0.1, 0.15) is 0 Å². The van der Waals surface area contributed by atoms with Crippen LogP contribution in [-0.4, -0.2) is 12.4 Å². The van der Waals surface area contributed by atoms with Crippen LogP contribution < -0.4 is 5.32 Å². The van der Waals surface area contributed by atoms with Crippen molar-refractivity contribution in [2.24, 2.45) is 10.4 Å². The first-order valence-electron chi connectivity index (χ1n) is 4.67. The Kier molecular flexibility index (Phi) is 2.90. The van der Waals surface area contributed by atoms with Gasteiger partial charge in [-0.25, -0.2) is 4.99 Å². The third-order valence-corrected chi connectivity index (χ3v) is 3.06. The highest BCUT2D eigenvalue weighted by atomic mass is 15.0. The van der Waals surface area contributed by atoms with Gasteiger partial charge in [-0.2, -0.15) is 0 Å². The molecule has 2 heteroatoms. The zero-order valence-corrected chi connectivity index (χ0v) is 8.17. The second-order valence-electron chi connectivity index (χ2n) is 3.63. The first kappa shape index (κ1) is 9.30. The van der Waals surface area contributed by atoms with E-state index in [0.29, 0.717) is 11.5 Å². The third kappa shape index (κ3) is 1.68. The fraction of sp³-hybridized carbons (Fsp3) is 0.700. The zero-order chi connectivity index (χ0) is 9.03. The van der Waals surface area contributed by atoms with Crippen molar-refractivity contribution in [2.75, 3.05) is 0 Å². The van der Waals surface area contributed by atoms with Crippen LogP contribution in [0.2, 0.25) is 0 Å². The van der Waals surface area contributed by atoms with E-state index in [9.17, 15) is 0 Å². The molecule has 0 radical (unpaired) electrons. The molecule has 0 fully saturated rings. The summed E-state index contributed by atoms with van der Waals surface area (Å²) in [7, 11) is 0. The van der Waals surface area contributed by atoms with Gasteiger partial charge in [0, 0.05) is 6.20 Å². The standard InChI is InChI=1S/C10H18N2/c1-4-10(3,5-2)9-6-7-11-8-12-9/h6-9H,4-5H2,1-3H3,(H,11,12). The number of nitrogens with one attached hydrogen (secondary N) is 1. The van der Waals surface area contributed by atoms with Crippen LogP contribution in [0.4, 0.5) is 0 Å². The Hall–Kier alpha value is -0.790. The number of aliphatic imine (C=N–C) groups is 1. The summed E-state index contributed by atoms with van der Waals surface area (Å²) in [6.07, 6.45) is 8.20. The molecule has 0 aliphatic carbocycles. The van der Waals surface area contributed by atoms with Crippen LogP contribution in [0.25, 0.3) is 0 Å². The van der Waals surface area contributed by atoms with E-state index in [2.05, 4.69) is 37.2 Å². The lowest BCUT2D eigenvalue weighted by molar-refractivity contribution is 0.249. The monoisotopic (exact) mass is 166 g/mol. The lowest BCUT2D eigenvalue weighted by Gasteiger charge is -2.35. The van der Waals surface area contributed by atoms with Gasteiger partial charge in [-0.3, -0.25) is 0 Å². The van der Waals surface area contributed by atoms with E-state index < -0.39 is 0 Å². The van der Waals surface area contributed by atoms with Crippen molar-refractivity contribution in [2.45, 2.75) is 39.7 Å². The van der Waals surface area contributed by atoms with E-state index in [1.54, 1.807) is 6.34 Å². The maximum Gasteiger partial charge on any atom is 0.0883 e. The Labute approximate surface area is 74.8 Å². The first-order valence-corrected chi connectivity index (χ1v) is 4.67. The quantitative estimate of drug-likeness (QED) is 0.683. The molecule has 0 aromatic heterocycles. The smallest absolute Gasteiger partial charge is 0.0883 e. The molecule has 0 saturated heterocycles. The van der Waals surface area contributed by atoms with Gasteiger partial charge in [0.25, 0.3) is 0 Å². The largest absolute Gasteiger partial charge is 0.369 e. The summed E-state index contributed by atoms with van der Waals surface area (Å²) < 4.78 is 0. The van der Waals surface area contributed by atoms with Gasteiger partial charge in [-0.15, -0.1) is 0 Å². The van der Waals surface area contributed by atoms with Crippen LogP contribution in [0.1, 0.15) is 33.6 Å². The molecule has 1 rings (SSSR count). The second-order valence-corrected chi connectivity index (χ2v) is 3.63. The lowest BCUT2D eigenvalue weighted by Crippen LogP contribution is -2.42. The molecule has 12 heavy (non-hydrogen) atoms. The van der Waals surface area contributed by atoms with Crippen molar-refractivity contribution in [3.05, 3.63) is 12.3 Å². The molecule has 0 spiro atoms. The van der Waals surface area contributed by atoms with E-state index in [4.69, 9.17) is 0 Å². The third-order valence-electron chi connectivity index (χ3n) is 3.06. The summed E-state index contributed by atoms with van der Waals surface area (Å²) >= 11 is 0. The summed E-state index contributed by atoms with van der Waals surface area (Å²) in [4.78, 5) is 3.99. The van der Waals surface area contributed by atoms with E-state index in [1.807, 2.05) is 6.20 Å². The number of rotatable bonds is 3. The van der Waals surface area contributed by atoms with Crippen molar-refractivity contribution in [3.8, 4) is 0 Å². The minimum Gasteiger partial charge on any atom is -0.369 e.